The molecule has 3 heteroatoms. The largest absolute Gasteiger partial charge is 0.330 e. The molecule has 1 heterocycles. The number of nitrogens with two attached hydrogens (primary N) is 1. The standard InChI is InChI=1S/C14H29N3/c1-17-9-4-13(5-10-17)3-8-16-12-14(11-15)6-2-7-14/h13,16H,2-12,15H2,1H3. The third kappa shape index (κ3) is 3.67. The monoisotopic (exact) mass is 239 g/mol. The van der Waals surface area contributed by atoms with Crippen molar-refractivity contribution < 1.29 is 0 Å². The zero-order valence-corrected chi connectivity index (χ0v) is 11.4. The fourth-order valence-corrected chi connectivity index (χ4v) is 3.14. The third-order valence-electron chi connectivity index (χ3n) is 4.91. The van der Waals surface area contributed by atoms with Gasteiger partial charge in [0.25, 0.3) is 0 Å². The first-order valence-electron chi connectivity index (χ1n) is 7.33. The van der Waals surface area contributed by atoms with Crippen molar-refractivity contribution in [1.29, 1.82) is 0 Å². The van der Waals surface area contributed by atoms with Gasteiger partial charge in [-0.3, -0.25) is 0 Å². The average molecular weight is 239 g/mol. The van der Waals surface area contributed by atoms with Crippen molar-refractivity contribution in [2.75, 3.05) is 39.8 Å². The number of piperidine rings is 1. The molecule has 0 aromatic heterocycles. The molecule has 0 unspecified atom stereocenters. The van der Waals surface area contributed by atoms with E-state index in [1.807, 2.05) is 0 Å². The molecule has 0 aromatic carbocycles. The van der Waals surface area contributed by atoms with E-state index in [1.165, 1.54) is 58.2 Å². The number of likely N-dealkylation sites (tertiary alicyclic amines) is 1. The zero-order chi connectivity index (χ0) is 12.1. The Morgan fingerprint density at radius 3 is 2.53 bits per heavy atom. The molecule has 0 aromatic rings. The van der Waals surface area contributed by atoms with Crippen molar-refractivity contribution in [3.8, 4) is 0 Å². The highest BCUT2D eigenvalue weighted by Crippen LogP contribution is 2.39. The maximum atomic E-state index is 5.86. The smallest absolute Gasteiger partial charge is 0.00199 e. The van der Waals surface area contributed by atoms with Crippen molar-refractivity contribution in [3.05, 3.63) is 0 Å². The van der Waals surface area contributed by atoms with Crippen LogP contribution in [0.1, 0.15) is 38.5 Å². The van der Waals surface area contributed by atoms with Crippen LogP contribution in [-0.4, -0.2) is 44.7 Å². The van der Waals surface area contributed by atoms with E-state index in [1.54, 1.807) is 0 Å². The van der Waals surface area contributed by atoms with Gasteiger partial charge in [-0.25, -0.2) is 0 Å². The molecule has 2 fully saturated rings. The summed E-state index contributed by atoms with van der Waals surface area (Å²) in [7, 11) is 2.23. The lowest BCUT2D eigenvalue weighted by Gasteiger charge is -2.41. The number of nitrogens with one attached hydrogen (secondary N) is 1. The first-order valence-corrected chi connectivity index (χ1v) is 7.33. The summed E-state index contributed by atoms with van der Waals surface area (Å²) in [4.78, 5) is 2.45. The maximum absolute atomic E-state index is 5.86. The second-order valence-electron chi connectivity index (χ2n) is 6.27. The lowest BCUT2D eigenvalue weighted by Crippen LogP contribution is -2.45. The van der Waals surface area contributed by atoms with Gasteiger partial charge in [0.05, 0.1) is 0 Å². The Morgan fingerprint density at radius 2 is 2.00 bits per heavy atom. The molecule has 0 spiro atoms. The first-order chi connectivity index (χ1) is 8.24. The van der Waals surface area contributed by atoms with E-state index < -0.39 is 0 Å². The molecule has 0 radical (unpaired) electrons. The Bertz CT molecular complexity index is 212. The van der Waals surface area contributed by atoms with Gasteiger partial charge in [-0.1, -0.05) is 6.42 Å². The number of hydrogen-bond acceptors (Lipinski definition) is 3. The van der Waals surface area contributed by atoms with Crippen LogP contribution in [-0.2, 0) is 0 Å². The molecule has 2 rings (SSSR count). The van der Waals surface area contributed by atoms with Gasteiger partial charge in [-0.05, 0) is 76.7 Å². The second kappa shape index (κ2) is 6.17. The van der Waals surface area contributed by atoms with E-state index >= 15 is 0 Å². The van der Waals surface area contributed by atoms with E-state index in [0.29, 0.717) is 5.41 Å². The Morgan fingerprint density at radius 1 is 1.29 bits per heavy atom. The molecule has 3 N–H and O–H groups in total. The minimum absolute atomic E-state index is 0.465. The fourth-order valence-electron chi connectivity index (χ4n) is 3.14. The first kappa shape index (κ1) is 13.3. The summed E-state index contributed by atoms with van der Waals surface area (Å²) in [6, 6.07) is 0. The van der Waals surface area contributed by atoms with Crippen LogP contribution in [0.2, 0.25) is 0 Å². The van der Waals surface area contributed by atoms with Crippen LogP contribution >= 0.6 is 0 Å². The second-order valence-corrected chi connectivity index (χ2v) is 6.27. The van der Waals surface area contributed by atoms with Crippen LogP contribution < -0.4 is 11.1 Å². The lowest BCUT2D eigenvalue weighted by molar-refractivity contribution is 0.139. The van der Waals surface area contributed by atoms with Crippen LogP contribution in [0.15, 0.2) is 0 Å². The van der Waals surface area contributed by atoms with Crippen molar-refractivity contribution in [2.24, 2.45) is 17.1 Å². The van der Waals surface area contributed by atoms with E-state index in [4.69, 9.17) is 5.73 Å². The zero-order valence-electron chi connectivity index (χ0n) is 11.4. The summed E-state index contributed by atoms with van der Waals surface area (Å²) < 4.78 is 0. The van der Waals surface area contributed by atoms with Gasteiger partial charge in [0, 0.05) is 6.54 Å². The Kier molecular flexibility index (Phi) is 4.83. The van der Waals surface area contributed by atoms with E-state index in [0.717, 1.165) is 19.0 Å². The molecule has 100 valence electrons. The summed E-state index contributed by atoms with van der Waals surface area (Å²) in [6.07, 6.45) is 8.19. The molecule has 17 heavy (non-hydrogen) atoms. The maximum Gasteiger partial charge on any atom is 0.00199 e. The van der Waals surface area contributed by atoms with Crippen molar-refractivity contribution >= 4 is 0 Å². The molecule has 0 atom stereocenters. The van der Waals surface area contributed by atoms with Gasteiger partial charge in [0.2, 0.25) is 0 Å². The molecule has 1 aliphatic heterocycles. The number of hydrogen-bond donors (Lipinski definition) is 2. The molecule has 1 aliphatic carbocycles. The molecule has 1 saturated carbocycles. The molecule has 0 amide bonds. The average Bonchev–Trinajstić information content (AvgIpc) is 2.30. The van der Waals surface area contributed by atoms with Gasteiger partial charge >= 0.3 is 0 Å². The highest BCUT2D eigenvalue weighted by molar-refractivity contribution is 4.90. The third-order valence-corrected chi connectivity index (χ3v) is 4.91. The van der Waals surface area contributed by atoms with Crippen molar-refractivity contribution in [2.45, 2.75) is 38.5 Å². The predicted octanol–water partition coefficient (Wildman–Crippen LogP) is 1.44. The Hall–Kier alpha value is -0.120. The van der Waals surface area contributed by atoms with Gasteiger partial charge in [-0.15, -0.1) is 0 Å². The van der Waals surface area contributed by atoms with Crippen LogP contribution in [0.4, 0.5) is 0 Å². The summed E-state index contributed by atoms with van der Waals surface area (Å²) in [5, 5.41) is 3.64. The molecular formula is C14H29N3. The molecule has 1 saturated heterocycles. The van der Waals surface area contributed by atoms with E-state index in [2.05, 4.69) is 17.3 Å². The van der Waals surface area contributed by atoms with Crippen molar-refractivity contribution in [3.63, 3.8) is 0 Å². The molecule has 3 nitrogen and oxygen atoms in total. The van der Waals surface area contributed by atoms with Gasteiger partial charge in [0.15, 0.2) is 0 Å². The lowest BCUT2D eigenvalue weighted by atomic mass is 9.69. The minimum Gasteiger partial charge on any atom is -0.330 e. The molecule has 2 aliphatic rings. The van der Waals surface area contributed by atoms with E-state index in [-0.39, 0.29) is 0 Å². The summed E-state index contributed by atoms with van der Waals surface area (Å²) in [5.74, 6) is 0.953. The highest BCUT2D eigenvalue weighted by Gasteiger charge is 2.34. The normalized spacial score (nSPS) is 25.8. The van der Waals surface area contributed by atoms with E-state index in [9.17, 15) is 0 Å². The Balaban J connectivity index is 1.54. The number of nitrogens with zero attached hydrogens (tertiary/aromatic N) is 1. The SMILES string of the molecule is CN1CCC(CCNCC2(CN)CCC2)CC1. The minimum atomic E-state index is 0.465. The summed E-state index contributed by atoms with van der Waals surface area (Å²) >= 11 is 0. The van der Waals surface area contributed by atoms with Gasteiger partial charge in [0.1, 0.15) is 0 Å². The van der Waals surface area contributed by atoms with Gasteiger partial charge < -0.3 is 16.0 Å². The predicted molar refractivity (Wildman–Crippen MR) is 73.0 cm³/mol. The summed E-state index contributed by atoms with van der Waals surface area (Å²) in [5.41, 5.74) is 6.33. The van der Waals surface area contributed by atoms with Gasteiger partial charge in [-0.2, -0.15) is 0 Å². The Labute approximate surface area is 106 Å². The topological polar surface area (TPSA) is 41.3 Å². The van der Waals surface area contributed by atoms with Crippen LogP contribution in [0.5, 0.6) is 0 Å². The molecule has 0 bridgehead atoms. The van der Waals surface area contributed by atoms with Crippen LogP contribution in [0, 0.1) is 11.3 Å². The number of rotatable bonds is 6. The highest BCUT2D eigenvalue weighted by atomic mass is 15.1. The van der Waals surface area contributed by atoms with Crippen LogP contribution in [0.25, 0.3) is 0 Å². The van der Waals surface area contributed by atoms with Crippen LogP contribution in [0.3, 0.4) is 0 Å². The quantitative estimate of drug-likeness (QED) is 0.689. The van der Waals surface area contributed by atoms with Crippen molar-refractivity contribution in [1.82, 2.24) is 10.2 Å². The molecular weight excluding hydrogens is 210 g/mol. The fraction of sp³-hybridized carbons (Fsp3) is 1.00. The summed E-state index contributed by atoms with van der Waals surface area (Å²) in [6.45, 7) is 5.79.